The first-order valence-corrected chi connectivity index (χ1v) is 8.10. The van der Waals surface area contributed by atoms with Gasteiger partial charge in [-0.3, -0.25) is 0 Å². The van der Waals surface area contributed by atoms with Gasteiger partial charge in [0.05, 0.1) is 0 Å². The molecule has 0 saturated heterocycles. The van der Waals surface area contributed by atoms with Crippen molar-refractivity contribution in [3.8, 4) is 11.8 Å². The highest BCUT2D eigenvalue weighted by molar-refractivity contribution is 5.58. The molecule has 0 unspecified atom stereocenters. The minimum Gasteiger partial charge on any atom is -0.398 e. The van der Waals surface area contributed by atoms with Crippen LogP contribution in [0.2, 0.25) is 0 Å². The SMILES string of the molecule is CC(C)(C)c1ccc(C#Cc2ccccc2N)c(C(C)(C)C)c1. The molecule has 0 saturated carbocycles. The Kier molecular flexibility index (Phi) is 4.57. The Morgan fingerprint density at radius 3 is 1.91 bits per heavy atom. The van der Waals surface area contributed by atoms with E-state index in [1.165, 1.54) is 11.1 Å². The summed E-state index contributed by atoms with van der Waals surface area (Å²) in [6, 6.07) is 14.4. The summed E-state index contributed by atoms with van der Waals surface area (Å²) in [7, 11) is 0. The van der Waals surface area contributed by atoms with Crippen molar-refractivity contribution in [2.45, 2.75) is 52.4 Å². The molecule has 2 aromatic carbocycles. The Bertz CT molecular complexity index is 759. The second kappa shape index (κ2) is 6.13. The standard InChI is InChI=1S/C22H27N/c1-21(2,3)18-14-13-16(19(15-18)22(4,5)6)11-12-17-9-7-8-10-20(17)23/h7-10,13-15H,23H2,1-6H3. The highest BCUT2D eigenvalue weighted by atomic mass is 14.5. The number of para-hydroxylation sites is 1. The number of nitrogen functional groups attached to an aromatic ring is 1. The summed E-state index contributed by atoms with van der Waals surface area (Å²) in [5.74, 6) is 6.55. The number of hydrogen-bond donors (Lipinski definition) is 1. The van der Waals surface area contributed by atoms with Gasteiger partial charge in [0, 0.05) is 16.8 Å². The first-order valence-electron chi connectivity index (χ1n) is 8.10. The maximum Gasteiger partial charge on any atom is 0.0478 e. The van der Waals surface area contributed by atoms with Crippen molar-refractivity contribution in [3.63, 3.8) is 0 Å². The average Bonchev–Trinajstić information content (AvgIpc) is 2.44. The Hall–Kier alpha value is -2.20. The molecule has 0 heterocycles. The molecule has 0 aliphatic rings. The molecule has 0 bridgehead atoms. The lowest BCUT2D eigenvalue weighted by molar-refractivity contribution is 0.567. The van der Waals surface area contributed by atoms with Crippen molar-refractivity contribution in [1.82, 2.24) is 0 Å². The average molecular weight is 305 g/mol. The molecule has 0 amide bonds. The smallest absolute Gasteiger partial charge is 0.0478 e. The summed E-state index contributed by atoms with van der Waals surface area (Å²) in [6.07, 6.45) is 0. The van der Waals surface area contributed by atoms with Gasteiger partial charge < -0.3 is 5.73 Å². The second-order valence-electron chi connectivity index (χ2n) is 8.10. The monoisotopic (exact) mass is 305 g/mol. The van der Waals surface area contributed by atoms with Crippen LogP contribution in [-0.4, -0.2) is 0 Å². The van der Waals surface area contributed by atoms with Gasteiger partial charge in [-0.25, -0.2) is 0 Å². The Labute approximate surface area is 140 Å². The fourth-order valence-corrected chi connectivity index (χ4v) is 2.49. The van der Waals surface area contributed by atoms with Gasteiger partial charge in [-0.1, -0.05) is 77.6 Å². The van der Waals surface area contributed by atoms with E-state index in [1.54, 1.807) is 0 Å². The molecule has 0 radical (unpaired) electrons. The van der Waals surface area contributed by atoms with Crippen LogP contribution in [0.15, 0.2) is 42.5 Å². The minimum absolute atomic E-state index is 0.0491. The molecule has 0 fully saturated rings. The Morgan fingerprint density at radius 2 is 1.35 bits per heavy atom. The second-order valence-corrected chi connectivity index (χ2v) is 8.10. The molecule has 1 nitrogen and oxygen atoms in total. The van der Waals surface area contributed by atoms with E-state index in [9.17, 15) is 0 Å². The fourth-order valence-electron chi connectivity index (χ4n) is 2.49. The molecule has 2 aromatic rings. The summed E-state index contributed by atoms with van der Waals surface area (Å²) in [5.41, 5.74) is 11.5. The number of nitrogens with two attached hydrogens (primary N) is 1. The summed E-state index contributed by atoms with van der Waals surface area (Å²) in [4.78, 5) is 0. The molecule has 0 spiro atoms. The third kappa shape index (κ3) is 4.17. The highest BCUT2D eigenvalue weighted by Crippen LogP contribution is 2.31. The molecule has 1 heteroatoms. The quantitative estimate of drug-likeness (QED) is 0.521. The first kappa shape index (κ1) is 17.2. The topological polar surface area (TPSA) is 26.0 Å². The number of anilines is 1. The maximum absolute atomic E-state index is 5.99. The first-order chi connectivity index (χ1) is 10.6. The largest absolute Gasteiger partial charge is 0.398 e. The number of hydrogen-bond acceptors (Lipinski definition) is 1. The molecule has 23 heavy (non-hydrogen) atoms. The van der Waals surface area contributed by atoms with Crippen LogP contribution in [0.4, 0.5) is 5.69 Å². The molecular formula is C22H27N. The summed E-state index contributed by atoms with van der Waals surface area (Å²) in [5, 5.41) is 0. The van der Waals surface area contributed by atoms with Crippen LogP contribution in [-0.2, 0) is 10.8 Å². The Balaban J connectivity index is 2.54. The van der Waals surface area contributed by atoms with Crippen molar-refractivity contribution < 1.29 is 0 Å². The molecule has 2 rings (SSSR count). The van der Waals surface area contributed by atoms with Crippen molar-refractivity contribution in [1.29, 1.82) is 0 Å². The van der Waals surface area contributed by atoms with Crippen molar-refractivity contribution in [2.24, 2.45) is 0 Å². The van der Waals surface area contributed by atoms with E-state index in [0.29, 0.717) is 0 Å². The van der Waals surface area contributed by atoms with Crippen LogP contribution in [0.25, 0.3) is 0 Å². The normalized spacial score (nSPS) is 11.7. The van der Waals surface area contributed by atoms with Crippen LogP contribution in [0.1, 0.15) is 63.8 Å². The van der Waals surface area contributed by atoms with Gasteiger partial charge in [0.15, 0.2) is 0 Å². The predicted molar refractivity (Wildman–Crippen MR) is 101 cm³/mol. The van der Waals surface area contributed by atoms with Crippen LogP contribution in [0.3, 0.4) is 0 Å². The lowest BCUT2D eigenvalue weighted by atomic mass is 9.78. The van der Waals surface area contributed by atoms with E-state index in [-0.39, 0.29) is 10.8 Å². The van der Waals surface area contributed by atoms with Gasteiger partial charge in [-0.2, -0.15) is 0 Å². The number of benzene rings is 2. The third-order valence-electron chi connectivity index (χ3n) is 3.99. The number of rotatable bonds is 0. The lowest BCUT2D eigenvalue weighted by Crippen LogP contribution is -2.17. The van der Waals surface area contributed by atoms with Gasteiger partial charge in [0.2, 0.25) is 0 Å². The fraction of sp³-hybridized carbons (Fsp3) is 0.364. The highest BCUT2D eigenvalue weighted by Gasteiger charge is 2.21. The third-order valence-corrected chi connectivity index (χ3v) is 3.99. The summed E-state index contributed by atoms with van der Waals surface area (Å²) < 4.78 is 0. The molecule has 0 aliphatic heterocycles. The van der Waals surface area contributed by atoms with E-state index in [1.807, 2.05) is 24.3 Å². The summed E-state index contributed by atoms with van der Waals surface area (Å²) >= 11 is 0. The van der Waals surface area contributed by atoms with Gasteiger partial charge in [0.25, 0.3) is 0 Å². The molecule has 0 atom stereocenters. The van der Waals surface area contributed by atoms with Crippen molar-refractivity contribution in [3.05, 3.63) is 64.7 Å². The van der Waals surface area contributed by atoms with Crippen LogP contribution in [0, 0.1) is 11.8 Å². The molecule has 0 aromatic heterocycles. The van der Waals surface area contributed by atoms with Gasteiger partial charge in [-0.15, -0.1) is 0 Å². The Morgan fingerprint density at radius 1 is 0.739 bits per heavy atom. The molecule has 2 N–H and O–H groups in total. The van der Waals surface area contributed by atoms with Gasteiger partial charge in [0.1, 0.15) is 0 Å². The van der Waals surface area contributed by atoms with E-state index in [0.717, 1.165) is 16.8 Å². The zero-order valence-electron chi connectivity index (χ0n) is 15.1. The van der Waals surface area contributed by atoms with Crippen molar-refractivity contribution >= 4 is 5.69 Å². The van der Waals surface area contributed by atoms with Crippen LogP contribution in [0.5, 0.6) is 0 Å². The van der Waals surface area contributed by atoms with Gasteiger partial charge >= 0.3 is 0 Å². The van der Waals surface area contributed by atoms with E-state index >= 15 is 0 Å². The zero-order valence-corrected chi connectivity index (χ0v) is 15.1. The van der Waals surface area contributed by atoms with E-state index < -0.39 is 0 Å². The van der Waals surface area contributed by atoms with Crippen LogP contribution < -0.4 is 5.73 Å². The van der Waals surface area contributed by atoms with Gasteiger partial charge in [-0.05, 0) is 40.2 Å². The molecular weight excluding hydrogens is 278 g/mol. The molecule has 0 aliphatic carbocycles. The predicted octanol–water partition coefficient (Wildman–Crippen LogP) is 5.26. The summed E-state index contributed by atoms with van der Waals surface area (Å²) in [6.45, 7) is 13.4. The lowest BCUT2D eigenvalue weighted by Gasteiger charge is -2.26. The molecule has 120 valence electrons. The zero-order chi connectivity index (χ0) is 17.3. The van der Waals surface area contributed by atoms with E-state index in [4.69, 9.17) is 5.73 Å². The van der Waals surface area contributed by atoms with Crippen LogP contribution >= 0.6 is 0 Å². The van der Waals surface area contributed by atoms with Crippen molar-refractivity contribution in [2.75, 3.05) is 5.73 Å². The maximum atomic E-state index is 5.99. The minimum atomic E-state index is 0.0491. The van der Waals surface area contributed by atoms with E-state index in [2.05, 4.69) is 71.6 Å².